The second-order valence-corrected chi connectivity index (χ2v) is 6.62. The Bertz CT molecular complexity index is 885. The van der Waals surface area contributed by atoms with Gasteiger partial charge in [0.15, 0.2) is 11.5 Å². The van der Waals surface area contributed by atoms with Gasteiger partial charge in [-0.25, -0.2) is 4.39 Å². The lowest BCUT2D eigenvalue weighted by molar-refractivity contribution is -0.116. The normalized spacial score (nSPS) is 18.2. The highest BCUT2D eigenvalue weighted by Gasteiger charge is 2.37. The van der Waals surface area contributed by atoms with Gasteiger partial charge in [0.1, 0.15) is 18.2 Å². The first kappa shape index (κ1) is 17.6. The van der Waals surface area contributed by atoms with Gasteiger partial charge in [0, 0.05) is 11.6 Å². The highest BCUT2D eigenvalue weighted by Crippen LogP contribution is 2.46. The number of benzene rings is 2. The van der Waals surface area contributed by atoms with Gasteiger partial charge in [-0.05, 0) is 24.1 Å². The molecule has 142 valence electrons. The monoisotopic (exact) mass is 373 g/mol. The van der Waals surface area contributed by atoms with Crippen LogP contribution in [0.4, 0.5) is 10.1 Å². The highest BCUT2D eigenvalue weighted by molar-refractivity contribution is 6.05. The first-order valence-electron chi connectivity index (χ1n) is 8.92. The summed E-state index contributed by atoms with van der Waals surface area (Å²) in [6.07, 6.45) is 0.823. The van der Waals surface area contributed by atoms with Crippen molar-refractivity contribution in [3.05, 3.63) is 47.3 Å². The van der Waals surface area contributed by atoms with Crippen molar-refractivity contribution in [1.29, 1.82) is 0 Å². The summed E-state index contributed by atoms with van der Waals surface area (Å²) in [7, 11) is 0. The molecule has 2 atom stereocenters. The number of carbonyl (C=O) groups is 1. The summed E-state index contributed by atoms with van der Waals surface area (Å²) < 4.78 is 30.7. The Hall–Kier alpha value is -2.80. The number of ether oxygens (including phenoxy) is 3. The molecule has 0 aromatic heterocycles. The van der Waals surface area contributed by atoms with Crippen molar-refractivity contribution in [2.75, 3.05) is 18.7 Å². The molecule has 1 unspecified atom stereocenters. The van der Waals surface area contributed by atoms with Crippen molar-refractivity contribution in [3.63, 3.8) is 0 Å². The van der Waals surface area contributed by atoms with Gasteiger partial charge < -0.3 is 24.6 Å². The second-order valence-electron chi connectivity index (χ2n) is 6.62. The van der Waals surface area contributed by atoms with Crippen LogP contribution in [0.15, 0.2) is 30.3 Å². The molecule has 0 radical (unpaired) electrons. The van der Waals surface area contributed by atoms with Crippen LogP contribution in [0, 0.1) is 5.82 Å². The minimum absolute atomic E-state index is 0.0821. The number of halogens is 1. The maximum absolute atomic E-state index is 14.1. The standard InChI is InChI=1S/C20H20FNO5/c1-2-4-11(23)9-25-15-8-17-16(26-10-27-17)7-13(15)18-12-5-3-6-14(21)19(12)22-20(18)24/h3,5-8,11,18,23H,2,4,9-10H2,1H3,(H,22,24)/t11-,18?/m1/s1. The zero-order chi connectivity index (χ0) is 19.0. The van der Waals surface area contributed by atoms with Crippen LogP contribution in [0.3, 0.4) is 0 Å². The molecule has 2 heterocycles. The lowest BCUT2D eigenvalue weighted by atomic mass is 9.91. The number of para-hydroxylation sites is 1. The molecular weight excluding hydrogens is 353 g/mol. The van der Waals surface area contributed by atoms with Gasteiger partial charge in [-0.1, -0.05) is 25.5 Å². The van der Waals surface area contributed by atoms with Gasteiger partial charge in [0.25, 0.3) is 0 Å². The molecule has 2 aliphatic rings. The molecule has 7 heteroatoms. The SMILES string of the molecule is CCC[C@@H](O)COc1cc2c(cc1C1C(=O)Nc3c(F)cccc31)OCO2. The molecule has 0 bridgehead atoms. The zero-order valence-corrected chi connectivity index (χ0v) is 14.8. The minimum Gasteiger partial charge on any atom is -0.490 e. The van der Waals surface area contributed by atoms with E-state index in [0.29, 0.717) is 34.8 Å². The average molecular weight is 373 g/mol. The maximum Gasteiger partial charge on any atom is 0.236 e. The summed E-state index contributed by atoms with van der Waals surface area (Å²) >= 11 is 0. The average Bonchev–Trinajstić information content (AvgIpc) is 3.23. The van der Waals surface area contributed by atoms with Crippen molar-refractivity contribution >= 4 is 11.6 Å². The number of anilines is 1. The van der Waals surface area contributed by atoms with E-state index in [1.165, 1.54) is 6.07 Å². The Labute approximate surface area is 155 Å². The summed E-state index contributed by atoms with van der Waals surface area (Å²) in [5, 5.41) is 12.6. The number of rotatable bonds is 6. The van der Waals surface area contributed by atoms with Crippen LogP contribution in [0.1, 0.15) is 36.8 Å². The molecule has 27 heavy (non-hydrogen) atoms. The third-order valence-corrected chi connectivity index (χ3v) is 4.74. The van der Waals surface area contributed by atoms with E-state index in [-0.39, 0.29) is 25.0 Å². The molecule has 2 aliphatic heterocycles. The van der Waals surface area contributed by atoms with Crippen LogP contribution < -0.4 is 19.5 Å². The Morgan fingerprint density at radius 1 is 1.30 bits per heavy atom. The first-order valence-corrected chi connectivity index (χ1v) is 8.92. The van der Waals surface area contributed by atoms with E-state index >= 15 is 0 Å². The van der Waals surface area contributed by atoms with Crippen LogP contribution in [0.5, 0.6) is 17.2 Å². The van der Waals surface area contributed by atoms with Gasteiger partial charge in [0.2, 0.25) is 12.7 Å². The molecule has 2 aromatic rings. The number of aliphatic hydroxyl groups is 1. The van der Waals surface area contributed by atoms with E-state index in [4.69, 9.17) is 14.2 Å². The molecule has 2 aromatic carbocycles. The van der Waals surface area contributed by atoms with E-state index in [0.717, 1.165) is 6.42 Å². The van der Waals surface area contributed by atoms with Crippen LogP contribution in [0.2, 0.25) is 0 Å². The Kier molecular flexibility index (Phi) is 4.61. The fourth-order valence-electron chi connectivity index (χ4n) is 3.45. The zero-order valence-electron chi connectivity index (χ0n) is 14.8. The fraction of sp³-hybridized carbons (Fsp3) is 0.350. The van der Waals surface area contributed by atoms with Crippen molar-refractivity contribution in [3.8, 4) is 17.2 Å². The van der Waals surface area contributed by atoms with Crippen LogP contribution >= 0.6 is 0 Å². The third kappa shape index (κ3) is 3.19. The molecule has 0 aliphatic carbocycles. The largest absolute Gasteiger partial charge is 0.490 e. The van der Waals surface area contributed by atoms with Crippen LogP contribution in [-0.2, 0) is 4.79 Å². The van der Waals surface area contributed by atoms with E-state index in [1.54, 1.807) is 24.3 Å². The summed E-state index contributed by atoms with van der Waals surface area (Å²) in [6.45, 7) is 2.15. The highest BCUT2D eigenvalue weighted by atomic mass is 19.1. The second kappa shape index (κ2) is 7.08. The number of nitrogens with one attached hydrogen (secondary N) is 1. The number of carbonyl (C=O) groups excluding carboxylic acids is 1. The summed E-state index contributed by atoms with van der Waals surface area (Å²) in [5.41, 5.74) is 1.27. The minimum atomic E-state index is -0.733. The van der Waals surface area contributed by atoms with Gasteiger partial charge in [-0.15, -0.1) is 0 Å². The molecule has 0 fully saturated rings. The molecule has 0 spiro atoms. The van der Waals surface area contributed by atoms with E-state index in [9.17, 15) is 14.3 Å². The molecule has 2 N–H and O–H groups in total. The topological polar surface area (TPSA) is 77.0 Å². The molecule has 0 saturated carbocycles. The van der Waals surface area contributed by atoms with Crippen molar-refractivity contribution in [1.82, 2.24) is 0 Å². The first-order chi connectivity index (χ1) is 13.1. The number of hydrogen-bond donors (Lipinski definition) is 2. The van der Waals surface area contributed by atoms with Crippen molar-refractivity contribution in [2.24, 2.45) is 0 Å². The number of amides is 1. The van der Waals surface area contributed by atoms with Gasteiger partial charge in [-0.3, -0.25) is 4.79 Å². The van der Waals surface area contributed by atoms with Gasteiger partial charge in [0.05, 0.1) is 17.7 Å². The molecule has 6 nitrogen and oxygen atoms in total. The number of fused-ring (bicyclic) bond motifs is 2. The molecule has 0 saturated heterocycles. The smallest absolute Gasteiger partial charge is 0.236 e. The fourth-order valence-corrected chi connectivity index (χ4v) is 3.45. The predicted molar refractivity (Wildman–Crippen MR) is 95.8 cm³/mol. The Balaban J connectivity index is 1.74. The maximum atomic E-state index is 14.1. The summed E-state index contributed by atoms with van der Waals surface area (Å²) in [6, 6.07) is 7.93. The Morgan fingerprint density at radius 2 is 2.07 bits per heavy atom. The van der Waals surface area contributed by atoms with Crippen molar-refractivity contribution < 1.29 is 28.5 Å². The quantitative estimate of drug-likeness (QED) is 0.813. The van der Waals surface area contributed by atoms with E-state index in [1.807, 2.05) is 6.92 Å². The molecular formula is C20H20FNO5. The summed E-state index contributed by atoms with van der Waals surface area (Å²) in [5.74, 6) is -0.131. The number of hydrogen-bond acceptors (Lipinski definition) is 5. The van der Waals surface area contributed by atoms with Gasteiger partial charge >= 0.3 is 0 Å². The predicted octanol–water partition coefficient (Wildman–Crippen LogP) is 3.18. The lowest BCUT2D eigenvalue weighted by Crippen LogP contribution is -2.19. The Morgan fingerprint density at radius 3 is 2.85 bits per heavy atom. The third-order valence-electron chi connectivity index (χ3n) is 4.74. The van der Waals surface area contributed by atoms with E-state index < -0.39 is 17.8 Å². The lowest BCUT2D eigenvalue weighted by Gasteiger charge is -2.18. The van der Waals surface area contributed by atoms with Gasteiger partial charge in [-0.2, -0.15) is 0 Å². The molecule has 1 amide bonds. The summed E-state index contributed by atoms with van der Waals surface area (Å²) in [4.78, 5) is 12.6. The van der Waals surface area contributed by atoms with Crippen LogP contribution in [0.25, 0.3) is 0 Å². The van der Waals surface area contributed by atoms with Crippen LogP contribution in [-0.4, -0.2) is 30.5 Å². The number of aliphatic hydroxyl groups excluding tert-OH is 1. The van der Waals surface area contributed by atoms with E-state index in [2.05, 4.69) is 5.32 Å². The molecule has 4 rings (SSSR count). The van der Waals surface area contributed by atoms with Crippen molar-refractivity contribution in [2.45, 2.75) is 31.8 Å².